The van der Waals surface area contributed by atoms with Gasteiger partial charge in [0, 0.05) is 37.8 Å². The van der Waals surface area contributed by atoms with Crippen molar-refractivity contribution < 1.29 is 9.53 Å². The third-order valence-electron chi connectivity index (χ3n) is 5.09. The van der Waals surface area contributed by atoms with Crippen molar-refractivity contribution in [3.05, 3.63) is 78.1 Å². The van der Waals surface area contributed by atoms with Crippen LogP contribution in [0.2, 0.25) is 0 Å². The third-order valence-corrected chi connectivity index (χ3v) is 5.09. The van der Waals surface area contributed by atoms with E-state index >= 15 is 0 Å². The van der Waals surface area contributed by atoms with Crippen molar-refractivity contribution >= 4 is 5.91 Å². The van der Waals surface area contributed by atoms with Crippen LogP contribution in [0.15, 0.2) is 61.2 Å². The summed E-state index contributed by atoms with van der Waals surface area (Å²) in [6, 6.07) is 11.4. The first-order valence-electron chi connectivity index (χ1n) is 8.99. The number of nitrogens with one attached hydrogen (secondary N) is 1. The Morgan fingerprint density at radius 3 is 2.78 bits per heavy atom. The van der Waals surface area contributed by atoms with E-state index in [1.54, 1.807) is 25.7 Å². The number of imidazole rings is 1. The number of aromatic nitrogens is 3. The van der Waals surface area contributed by atoms with Crippen molar-refractivity contribution in [1.82, 2.24) is 19.9 Å². The first-order chi connectivity index (χ1) is 13.2. The summed E-state index contributed by atoms with van der Waals surface area (Å²) in [4.78, 5) is 21.4. The van der Waals surface area contributed by atoms with Gasteiger partial charge < -0.3 is 14.6 Å². The van der Waals surface area contributed by atoms with E-state index in [0.717, 1.165) is 23.6 Å². The quantitative estimate of drug-likeness (QED) is 0.732. The summed E-state index contributed by atoms with van der Waals surface area (Å²) in [6.45, 7) is 0. The zero-order valence-electron chi connectivity index (χ0n) is 15.4. The first-order valence-corrected chi connectivity index (χ1v) is 8.99. The summed E-state index contributed by atoms with van der Waals surface area (Å²) in [7, 11) is 3.57. The minimum atomic E-state index is -0.328. The molecule has 4 rings (SSSR count). The molecule has 1 aliphatic carbocycles. The summed E-state index contributed by atoms with van der Waals surface area (Å²) in [5, 5.41) is 3.20. The molecule has 0 spiro atoms. The minimum Gasteiger partial charge on any atom is -0.497 e. The number of methoxy groups -OCH3 is 1. The van der Waals surface area contributed by atoms with E-state index in [0.29, 0.717) is 0 Å². The summed E-state index contributed by atoms with van der Waals surface area (Å²) in [5.41, 5.74) is 2.11. The van der Waals surface area contributed by atoms with E-state index in [1.807, 2.05) is 54.2 Å². The molecule has 0 aliphatic heterocycles. The van der Waals surface area contributed by atoms with Crippen LogP contribution in [0.1, 0.15) is 35.3 Å². The van der Waals surface area contributed by atoms with E-state index < -0.39 is 0 Å². The highest BCUT2D eigenvalue weighted by Crippen LogP contribution is 2.47. The van der Waals surface area contributed by atoms with Gasteiger partial charge in [-0.1, -0.05) is 12.1 Å². The number of rotatable bonds is 6. The summed E-state index contributed by atoms with van der Waals surface area (Å²) in [5.74, 6) is 1.84. The minimum absolute atomic E-state index is 0.0132. The normalized spacial score (nSPS) is 19.3. The first kappa shape index (κ1) is 17.3. The number of hydrogen-bond acceptors (Lipinski definition) is 4. The van der Waals surface area contributed by atoms with E-state index in [1.165, 1.54) is 5.56 Å². The molecule has 1 N–H and O–H groups in total. The number of nitrogens with zero attached hydrogens (tertiary/aromatic N) is 3. The van der Waals surface area contributed by atoms with Gasteiger partial charge in [0.1, 0.15) is 17.6 Å². The van der Waals surface area contributed by atoms with Gasteiger partial charge in [-0.05, 0) is 47.7 Å². The summed E-state index contributed by atoms with van der Waals surface area (Å²) in [6.07, 6.45) is 8.03. The SMILES string of the molecule is COc1cccc([C@H](NC(=O)[C@H]2C[C@@H]2c2ccncc2)c2nccn2C)c1. The van der Waals surface area contributed by atoms with Gasteiger partial charge in [-0.15, -0.1) is 0 Å². The second-order valence-corrected chi connectivity index (χ2v) is 6.84. The van der Waals surface area contributed by atoms with E-state index in [4.69, 9.17) is 4.74 Å². The van der Waals surface area contributed by atoms with Crippen molar-refractivity contribution in [1.29, 1.82) is 0 Å². The van der Waals surface area contributed by atoms with Gasteiger partial charge in [-0.2, -0.15) is 0 Å². The molecule has 138 valence electrons. The average molecular weight is 362 g/mol. The molecule has 6 heteroatoms. The number of ether oxygens (including phenoxy) is 1. The van der Waals surface area contributed by atoms with Crippen LogP contribution in [0.25, 0.3) is 0 Å². The molecular weight excluding hydrogens is 340 g/mol. The lowest BCUT2D eigenvalue weighted by Gasteiger charge is -2.20. The van der Waals surface area contributed by atoms with Gasteiger partial charge in [-0.3, -0.25) is 9.78 Å². The monoisotopic (exact) mass is 362 g/mol. The lowest BCUT2D eigenvalue weighted by molar-refractivity contribution is -0.123. The van der Waals surface area contributed by atoms with Crippen LogP contribution in [0.3, 0.4) is 0 Å². The van der Waals surface area contributed by atoms with Gasteiger partial charge in [0.2, 0.25) is 5.91 Å². The highest BCUT2D eigenvalue weighted by atomic mass is 16.5. The van der Waals surface area contributed by atoms with Gasteiger partial charge in [-0.25, -0.2) is 4.98 Å². The fourth-order valence-corrected chi connectivity index (χ4v) is 3.49. The molecule has 27 heavy (non-hydrogen) atoms. The van der Waals surface area contributed by atoms with E-state index in [2.05, 4.69) is 15.3 Å². The molecule has 0 bridgehead atoms. The second kappa shape index (κ2) is 7.23. The molecule has 3 aromatic rings. The third kappa shape index (κ3) is 3.56. The zero-order chi connectivity index (χ0) is 18.8. The fourth-order valence-electron chi connectivity index (χ4n) is 3.49. The largest absolute Gasteiger partial charge is 0.497 e. The zero-order valence-corrected chi connectivity index (χ0v) is 15.4. The van der Waals surface area contributed by atoms with Gasteiger partial charge in [0.25, 0.3) is 0 Å². The lowest BCUT2D eigenvalue weighted by atomic mass is 10.0. The van der Waals surface area contributed by atoms with Crippen LogP contribution in [-0.2, 0) is 11.8 Å². The Hall–Kier alpha value is -3.15. The molecule has 0 saturated heterocycles. The molecule has 1 amide bonds. The Bertz CT molecular complexity index is 938. The average Bonchev–Trinajstić information content (AvgIpc) is 3.41. The molecule has 1 aliphatic rings. The maximum Gasteiger partial charge on any atom is 0.224 e. The van der Waals surface area contributed by atoms with Gasteiger partial charge >= 0.3 is 0 Å². The maximum absolute atomic E-state index is 12.9. The highest BCUT2D eigenvalue weighted by molar-refractivity contribution is 5.83. The number of pyridine rings is 1. The molecule has 0 unspecified atom stereocenters. The Kier molecular flexibility index (Phi) is 4.62. The molecule has 2 aromatic heterocycles. The number of amides is 1. The standard InChI is InChI=1S/C21H22N4O2/c1-25-11-10-23-20(25)19(15-4-3-5-16(12-15)27-2)24-21(26)18-13-17(18)14-6-8-22-9-7-14/h3-12,17-19H,13H2,1-2H3,(H,24,26)/t17-,18+,19+/m1/s1. The topological polar surface area (TPSA) is 69.0 Å². The van der Waals surface area contributed by atoms with Crippen LogP contribution >= 0.6 is 0 Å². The maximum atomic E-state index is 12.9. The molecule has 1 saturated carbocycles. The van der Waals surface area contributed by atoms with Crippen molar-refractivity contribution in [3.63, 3.8) is 0 Å². The molecular formula is C21H22N4O2. The molecule has 1 fully saturated rings. The Labute approximate surface area is 158 Å². The van der Waals surface area contributed by atoms with Crippen molar-refractivity contribution in [2.24, 2.45) is 13.0 Å². The predicted molar refractivity (Wildman–Crippen MR) is 101 cm³/mol. The van der Waals surface area contributed by atoms with Crippen LogP contribution in [0.5, 0.6) is 5.75 Å². The Balaban J connectivity index is 1.57. The molecule has 3 atom stereocenters. The second-order valence-electron chi connectivity index (χ2n) is 6.84. The fraction of sp³-hybridized carbons (Fsp3) is 0.286. The highest BCUT2D eigenvalue weighted by Gasteiger charge is 2.44. The molecule has 1 aromatic carbocycles. The van der Waals surface area contributed by atoms with Crippen LogP contribution in [-0.4, -0.2) is 27.6 Å². The van der Waals surface area contributed by atoms with E-state index in [-0.39, 0.29) is 23.8 Å². The predicted octanol–water partition coefficient (Wildman–Crippen LogP) is 2.83. The van der Waals surface area contributed by atoms with Gasteiger partial charge in [0.15, 0.2) is 0 Å². The van der Waals surface area contributed by atoms with Gasteiger partial charge in [0.05, 0.1) is 7.11 Å². The number of hydrogen-bond donors (Lipinski definition) is 1. The lowest BCUT2D eigenvalue weighted by Crippen LogP contribution is -2.32. The van der Waals surface area contributed by atoms with Crippen LogP contribution in [0, 0.1) is 5.92 Å². The number of benzene rings is 1. The van der Waals surface area contributed by atoms with Crippen molar-refractivity contribution in [3.8, 4) is 5.75 Å². The smallest absolute Gasteiger partial charge is 0.224 e. The summed E-state index contributed by atoms with van der Waals surface area (Å²) < 4.78 is 7.27. The van der Waals surface area contributed by atoms with Crippen molar-refractivity contribution in [2.75, 3.05) is 7.11 Å². The number of aryl methyl sites for hydroxylation is 1. The number of carbonyl (C=O) groups is 1. The number of carbonyl (C=O) groups excluding carboxylic acids is 1. The molecule has 2 heterocycles. The van der Waals surface area contributed by atoms with Crippen LogP contribution in [0.4, 0.5) is 0 Å². The van der Waals surface area contributed by atoms with Crippen LogP contribution < -0.4 is 10.1 Å². The summed E-state index contributed by atoms with van der Waals surface area (Å²) >= 11 is 0. The molecule has 0 radical (unpaired) electrons. The Morgan fingerprint density at radius 2 is 2.07 bits per heavy atom. The molecule has 6 nitrogen and oxygen atoms in total. The van der Waals surface area contributed by atoms with Crippen molar-refractivity contribution in [2.45, 2.75) is 18.4 Å². The Morgan fingerprint density at radius 1 is 1.26 bits per heavy atom. The van der Waals surface area contributed by atoms with E-state index in [9.17, 15) is 4.79 Å².